The van der Waals surface area contributed by atoms with Crippen LogP contribution in [-0.2, 0) is 16.1 Å². The Hall–Kier alpha value is -2.24. The van der Waals surface area contributed by atoms with Gasteiger partial charge in [-0.1, -0.05) is 0 Å². The highest BCUT2D eigenvalue weighted by Crippen LogP contribution is 2.38. The van der Waals surface area contributed by atoms with Gasteiger partial charge in [-0.2, -0.15) is 0 Å². The SMILES string of the molecule is COc1cc(CNC(=O)C(C)=O)cc(OC)c1OC. The van der Waals surface area contributed by atoms with Crippen LogP contribution in [0, 0.1) is 0 Å². The summed E-state index contributed by atoms with van der Waals surface area (Å²) in [4.78, 5) is 22.0. The number of hydrogen-bond acceptors (Lipinski definition) is 5. The van der Waals surface area contributed by atoms with Crippen LogP contribution in [0.3, 0.4) is 0 Å². The summed E-state index contributed by atoms with van der Waals surface area (Å²) in [6.45, 7) is 1.42. The molecule has 6 heteroatoms. The van der Waals surface area contributed by atoms with Crippen LogP contribution >= 0.6 is 0 Å². The first kappa shape index (κ1) is 14.8. The van der Waals surface area contributed by atoms with Gasteiger partial charge in [-0.05, 0) is 17.7 Å². The maximum Gasteiger partial charge on any atom is 0.287 e. The molecule has 0 fully saturated rings. The predicted octanol–water partition coefficient (Wildman–Crippen LogP) is 0.918. The van der Waals surface area contributed by atoms with Gasteiger partial charge in [0.15, 0.2) is 11.5 Å². The molecule has 0 spiro atoms. The van der Waals surface area contributed by atoms with Crippen LogP contribution in [-0.4, -0.2) is 33.0 Å². The first-order chi connectivity index (χ1) is 9.03. The molecule has 0 atom stereocenters. The number of benzene rings is 1. The van der Waals surface area contributed by atoms with Crippen molar-refractivity contribution in [2.24, 2.45) is 0 Å². The van der Waals surface area contributed by atoms with Gasteiger partial charge in [0.25, 0.3) is 5.91 Å². The lowest BCUT2D eigenvalue weighted by molar-refractivity contribution is -0.136. The van der Waals surface area contributed by atoms with Gasteiger partial charge in [0, 0.05) is 13.5 Å². The Morgan fingerprint density at radius 2 is 1.58 bits per heavy atom. The number of carbonyl (C=O) groups excluding carboxylic acids is 2. The molecule has 1 aromatic rings. The molecule has 0 aliphatic rings. The predicted molar refractivity (Wildman–Crippen MR) is 68.6 cm³/mol. The monoisotopic (exact) mass is 267 g/mol. The topological polar surface area (TPSA) is 73.9 Å². The third-order valence-corrected chi connectivity index (χ3v) is 2.50. The maximum atomic E-state index is 11.2. The van der Waals surface area contributed by atoms with Crippen molar-refractivity contribution in [1.82, 2.24) is 5.32 Å². The van der Waals surface area contributed by atoms with E-state index in [1.807, 2.05) is 0 Å². The molecule has 0 saturated heterocycles. The first-order valence-corrected chi connectivity index (χ1v) is 5.61. The van der Waals surface area contributed by atoms with Crippen LogP contribution in [0.4, 0.5) is 0 Å². The zero-order valence-electron chi connectivity index (χ0n) is 11.4. The smallest absolute Gasteiger partial charge is 0.287 e. The lowest BCUT2D eigenvalue weighted by Gasteiger charge is -2.14. The molecule has 0 aliphatic heterocycles. The summed E-state index contributed by atoms with van der Waals surface area (Å²) >= 11 is 0. The number of nitrogens with one attached hydrogen (secondary N) is 1. The Morgan fingerprint density at radius 3 is 1.95 bits per heavy atom. The van der Waals surface area contributed by atoms with Crippen molar-refractivity contribution in [3.8, 4) is 17.2 Å². The van der Waals surface area contributed by atoms with Crippen molar-refractivity contribution < 1.29 is 23.8 Å². The molecule has 0 bridgehead atoms. The molecule has 1 N–H and O–H groups in total. The molecule has 0 aliphatic carbocycles. The van der Waals surface area contributed by atoms with Crippen LogP contribution in [0.25, 0.3) is 0 Å². The highest BCUT2D eigenvalue weighted by molar-refractivity contribution is 6.35. The van der Waals surface area contributed by atoms with E-state index in [1.165, 1.54) is 28.3 Å². The Morgan fingerprint density at radius 1 is 1.05 bits per heavy atom. The number of Topliss-reactive ketones (excluding diaryl/α,β-unsaturated/α-hetero) is 1. The van der Waals surface area contributed by atoms with Crippen molar-refractivity contribution in [2.75, 3.05) is 21.3 Å². The zero-order valence-corrected chi connectivity index (χ0v) is 11.4. The van der Waals surface area contributed by atoms with E-state index in [0.717, 1.165) is 5.56 Å². The Labute approximate surface area is 111 Å². The normalized spacial score (nSPS) is 9.68. The highest BCUT2D eigenvalue weighted by atomic mass is 16.5. The Kier molecular flexibility index (Phi) is 5.17. The van der Waals surface area contributed by atoms with Crippen LogP contribution in [0.5, 0.6) is 17.2 Å². The summed E-state index contributed by atoms with van der Waals surface area (Å²) in [5.74, 6) is 0.302. The van der Waals surface area contributed by atoms with E-state index >= 15 is 0 Å². The summed E-state index contributed by atoms with van der Waals surface area (Å²) in [5, 5.41) is 2.50. The average Bonchev–Trinajstić information content (AvgIpc) is 2.42. The van der Waals surface area contributed by atoms with E-state index in [1.54, 1.807) is 12.1 Å². The van der Waals surface area contributed by atoms with Crippen molar-refractivity contribution in [3.63, 3.8) is 0 Å². The van der Waals surface area contributed by atoms with Gasteiger partial charge < -0.3 is 19.5 Å². The van der Waals surface area contributed by atoms with Crippen LogP contribution in [0.15, 0.2) is 12.1 Å². The largest absolute Gasteiger partial charge is 0.493 e. The highest BCUT2D eigenvalue weighted by Gasteiger charge is 2.14. The van der Waals surface area contributed by atoms with Gasteiger partial charge in [0.1, 0.15) is 0 Å². The number of rotatable bonds is 6. The summed E-state index contributed by atoms with van der Waals surface area (Å²) < 4.78 is 15.6. The van der Waals surface area contributed by atoms with Crippen molar-refractivity contribution in [3.05, 3.63) is 17.7 Å². The van der Waals surface area contributed by atoms with Gasteiger partial charge in [-0.25, -0.2) is 0 Å². The molecule has 0 unspecified atom stereocenters. The van der Waals surface area contributed by atoms with Crippen molar-refractivity contribution in [2.45, 2.75) is 13.5 Å². The van der Waals surface area contributed by atoms with E-state index < -0.39 is 11.7 Å². The second kappa shape index (κ2) is 6.63. The molecular weight excluding hydrogens is 250 g/mol. The Balaban J connectivity index is 2.96. The van der Waals surface area contributed by atoms with Crippen molar-refractivity contribution in [1.29, 1.82) is 0 Å². The van der Waals surface area contributed by atoms with E-state index in [0.29, 0.717) is 17.2 Å². The number of ketones is 1. The van der Waals surface area contributed by atoms with Gasteiger partial charge >= 0.3 is 0 Å². The molecule has 1 rings (SSSR count). The fourth-order valence-corrected chi connectivity index (χ4v) is 1.54. The molecule has 0 aromatic heterocycles. The molecular formula is C13H17NO5. The number of amides is 1. The lowest BCUT2D eigenvalue weighted by atomic mass is 10.1. The van der Waals surface area contributed by atoms with Gasteiger partial charge in [-0.15, -0.1) is 0 Å². The molecule has 1 aromatic carbocycles. The summed E-state index contributed by atoms with van der Waals surface area (Å²) in [5.41, 5.74) is 0.740. The van der Waals surface area contributed by atoms with Gasteiger partial charge in [-0.3, -0.25) is 9.59 Å². The van der Waals surface area contributed by atoms with Crippen molar-refractivity contribution >= 4 is 11.7 Å². The number of carbonyl (C=O) groups is 2. The second-order valence-electron chi connectivity index (χ2n) is 3.77. The number of ether oxygens (including phenoxy) is 3. The molecule has 6 nitrogen and oxygen atoms in total. The maximum absolute atomic E-state index is 11.2. The summed E-state index contributed by atoms with van der Waals surface area (Å²) in [7, 11) is 4.53. The molecule has 19 heavy (non-hydrogen) atoms. The van der Waals surface area contributed by atoms with E-state index in [9.17, 15) is 9.59 Å². The third-order valence-electron chi connectivity index (χ3n) is 2.50. The summed E-state index contributed by atoms with van der Waals surface area (Å²) in [6, 6.07) is 3.42. The fraction of sp³-hybridized carbons (Fsp3) is 0.385. The number of methoxy groups -OCH3 is 3. The zero-order chi connectivity index (χ0) is 14.4. The lowest BCUT2D eigenvalue weighted by Crippen LogP contribution is -2.28. The Bertz CT molecular complexity index is 459. The molecule has 0 heterocycles. The molecule has 0 radical (unpaired) electrons. The quantitative estimate of drug-likeness (QED) is 0.776. The second-order valence-corrected chi connectivity index (χ2v) is 3.77. The average molecular weight is 267 g/mol. The summed E-state index contributed by atoms with van der Waals surface area (Å²) in [6.07, 6.45) is 0. The van der Waals surface area contributed by atoms with E-state index in [2.05, 4.69) is 5.32 Å². The third kappa shape index (κ3) is 3.61. The van der Waals surface area contributed by atoms with Crippen LogP contribution in [0.1, 0.15) is 12.5 Å². The fourth-order valence-electron chi connectivity index (χ4n) is 1.54. The minimum absolute atomic E-state index is 0.203. The van der Waals surface area contributed by atoms with E-state index in [4.69, 9.17) is 14.2 Å². The van der Waals surface area contributed by atoms with Crippen LogP contribution in [0.2, 0.25) is 0 Å². The van der Waals surface area contributed by atoms with E-state index in [-0.39, 0.29) is 6.54 Å². The minimum atomic E-state index is -0.631. The molecule has 1 amide bonds. The first-order valence-electron chi connectivity index (χ1n) is 5.61. The standard InChI is InChI=1S/C13H17NO5/c1-8(15)13(16)14-7-9-5-10(17-2)12(19-4)11(6-9)18-3/h5-6H,7H2,1-4H3,(H,14,16). The molecule has 0 saturated carbocycles. The number of hydrogen-bond donors (Lipinski definition) is 1. The van der Waals surface area contributed by atoms with Gasteiger partial charge in [0.2, 0.25) is 11.5 Å². The van der Waals surface area contributed by atoms with Gasteiger partial charge in [0.05, 0.1) is 21.3 Å². The molecule has 104 valence electrons. The van der Waals surface area contributed by atoms with Crippen LogP contribution < -0.4 is 19.5 Å². The minimum Gasteiger partial charge on any atom is -0.493 e.